The number of hydrogen-bond donors (Lipinski definition) is 1. The first-order valence-electron chi connectivity index (χ1n) is 9.73. The lowest BCUT2D eigenvalue weighted by molar-refractivity contribution is -0.130. The number of carbonyl (C=O) groups is 2. The Labute approximate surface area is 180 Å². The molecule has 6 nitrogen and oxygen atoms in total. The van der Waals surface area contributed by atoms with Gasteiger partial charge in [0.2, 0.25) is 5.91 Å². The average molecular weight is 430 g/mol. The molecule has 1 fully saturated rings. The Kier molecular flexibility index (Phi) is 6.99. The fourth-order valence-electron chi connectivity index (χ4n) is 3.42. The maximum atomic E-state index is 13.1. The van der Waals surface area contributed by atoms with Crippen LogP contribution in [0.4, 0.5) is 10.1 Å². The number of rotatable bonds is 8. The highest BCUT2D eigenvalue weighted by molar-refractivity contribution is 7.80. The SMILES string of the molecule is CCN1C(=O)[C@H](CC(=O)Nc2cccc(OC)c2)N(CCc2ccc(F)cc2)C1=S. The summed E-state index contributed by atoms with van der Waals surface area (Å²) >= 11 is 5.49. The van der Waals surface area contributed by atoms with Gasteiger partial charge in [-0.2, -0.15) is 0 Å². The molecule has 0 aromatic heterocycles. The van der Waals surface area contributed by atoms with E-state index < -0.39 is 6.04 Å². The van der Waals surface area contributed by atoms with Gasteiger partial charge in [-0.15, -0.1) is 0 Å². The van der Waals surface area contributed by atoms with Gasteiger partial charge in [0.05, 0.1) is 13.5 Å². The van der Waals surface area contributed by atoms with Gasteiger partial charge in [-0.05, 0) is 55.4 Å². The molecule has 158 valence electrons. The molecule has 2 aromatic rings. The molecule has 0 unspecified atom stereocenters. The molecule has 8 heteroatoms. The van der Waals surface area contributed by atoms with Crippen molar-refractivity contribution in [2.75, 3.05) is 25.5 Å². The van der Waals surface area contributed by atoms with E-state index >= 15 is 0 Å². The first-order valence-corrected chi connectivity index (χ1v) is 10.1. The summed E-state index contributed by atoms with van der Waals surface area (Å²) < 4.78 is 18.3. The van der Waals surface area contributed by atoms with Crippen LogP contribution in [0.3, 0.4) is 0 Å². The summed E-state index contributed by atoms with van der Waals surface area (Å²) in [5.74, 6) is -0.129. The fraction of sp³-hybridized carbons (Fsp3) is 0.318. The monoisotopic (exact) mass is 429 g/mol. The zero-order chi connectivity index (χ0) is 21.7. The summed E-state index contributed by atoms with van der Waals surface area (Å²) in [6.45, 7) is 2.75. The summed E-state index contributed by atoms with van der Waals surface area (Å²) in [5, 5.41) is 3.23. The molecule has 1 atom stereocenters. The molecule has 0 spiro atoms. The predicted octanol–water partition coefficient (Wildman–Crippen LogP) is 3.22. The van der Waals surface area contributed by atoms with Crippen molar-refractivity contribution in [1.29, 1.82) is 0 Å². The van der Waals surface area contributed by atoms with E-state index in [4.69, 9.17) is 17.0 Å². The number of halogens is 1. The van der Waals surface area contributed by atoms with Gasteiger partial charge in [-0.1, -0.05) is 18.2 Å². The third-order valence-corrected chi connectivity index (χ3v) is 5.46. The number of carbonyl (C=O) groups excluding carboxylic acids is 2. The molecule has 0 bridgehead atoms. The van der Waals surface area contributed by atoms with Gasteiger partial charge in [-0.25, -0.2) is 4.39 Å². The van der Waals surface area contributed by atoms with E-state index in [2.05, 4.69) is 5.32 Å². The van der Waals surface area contributed by atoms with Crippen molar-refractivity contribution in [1.82, 2.24) is 9.80 Å². The van der Waals surface area contributed by atoms with Crippen molar-refractivity contribution >= 4 is 34.8 Å². The van der Waals surface area contributed by atoms with Crippen molar-refractivity contribution in [3.63, 3.8) is 0 Å². The highest BCUT2D eigenvalue weighted by Gasteiger charge is 2.42. The van der Waals surface area contributed by atoms with Gasteiger partial charge >= 0.3 is 0 Å². The summed E-state index contributed by atoms with van der Waals surface area (Å²) in [5.41, 5.74) is 1.53. The molecule has 1 aliphatic rings. The zero-order valence-corrected chi connectivity index (χ0v) is 17.7. The molecular weight excluding hydrogens is 405 g/mol. The summed E-state index contributed by atoms with van der Waals surface area (Å²) in [4.78, 5) is 28.8. The largest absolute Gasteiger partial charge is 0.497 e. The van der Waals surface area contributed by atoms with Crippen molar-refractivity contribution in [3.8, 4) is 5.75 Å². The lowest BCUT2D eigenvalue weighted by Gasteiger charge is -2.23. The molecule has 1 heterocycles. The van der Waals surface area contributed by atoms with Crippen molar-refractivity contribution in [3.05, 3.63) is 59.9 Å². The highest BCUT2D eigenvalue weighted by atomic mass is 32.1. The lowest BCUT2D eigenvalue weighted by Crippen LogP contribution is -2.39. The Morgan fingerprint density at radius 2 is 1.97 bits per heavy atom. The Morgan fingerprint density at radius 1 is 1.23 bits per heavy atom. The van der Waals surface area contributed by atoms with Crippen LogP contribution in [0, 0.1) is 5.82 Å². The number of ether oxygens (including phenoxy) is 1. The second kappa shape index (κ2) is 9.67. The van der Waals surface area contributed by atoms with Gasteiger partial charge in [0, 0.05) is 24.8 Å². The van der Waals surface area contributed by atoms with Crippen LogP contribution in [0.5, 0.6) is 5.75 Å². The Bertz CT molecular complexity index is 935. The van der Waals surface area contributed by atoms with Crippen LogP contribution in [0.1, 0.15) is 18.9 Å². The molecule has 0 aliphatic carbocycles. The number of hydrogen-bond acceptors (Lipinski definition) is 4. The first kappa shape index (κ1) is 21.7. The van der Waals surface area contributed by atoms with E-state index in [0.29, 0.717) is 36.1 Å². The zero-order valence-electron chi connectivity index (χ0n) is 16.9. The number of amides is 2. The number of benzene rings is 2. The molecule has 1 N–H and O–H groups in total. The minimum atomic E-state index is -0.663. The van der Waals surface area contributed by atoms with E-state index in [0.717, 1.165) is 5.56 Å². The van der Waals surface area contributed by atoms with Crippen LogP contribution in [0.2, 0.25) is 0 Å². The molecule has 2 amide bonds. The van der Waals surface area contributed by atoms with Crippen LogP contribution < -0.4 is 10.1 Å². The van der Waals surface area contributed by atoms with Crippen molar-refractivity contribution in [2.45, 2.75) is 25.8 Å². The topological polar surface area (TPSA) is 61.9 Å². The minimum absolute atomic E-state index is 0.0178. The standard InChI is InChI=1S/C22H24FN3O3S/c1-3-25-21(28)19(14-20(27)24-17-5-4-6-18(13-17)29-2)26(22(25)30)12-11-15-7-9-16(23)10-8-15/h4-10,13,19H,3,11-12,14H2,1-2H3,(H,24,27)/t19-/m0/s1. The Balaban J connectivity index is 1.70. The lowest BCUT2D eigenvalue weighted by atomic mass is 10.1. The number of methoxy groups -OCH3 is 1. The summed E-state index contributed by atoms with van der Waals surface area (Å²) in [7, 11) is 1.55. The number of nitrogens with one attached hydrogen (secondary N) is 1. The average Bonchev–Trinajstić information content (AvgIpc) is 2.96. The first-order chi connectivity index (χ1) is 14.4. The number of anilines is 1. The molecule has 0 saturated carbocycles. The van der Waals surface area contributed by atoms with E-state index in [9.17, 15) is 14.0 Å². The van der Waals surface area contributed by atoms with Crippen LogP contribution in [-0.4, -0.2) is 53.0 Å². The number of likely N-dealkylation sites (N-methyl/N-ethyl adjacent to an activating group) is 1. The smallest absolute Gasteiger partial charge is 0.252 e. The Hall–Kier alpha value is -3.00. The molecule has 30 heavy (non-hydrogen) atoms. The van der Waals surface area contributed by atoms with Gasteiger partial charge < -0.3 is 15.0 Å². The third kappa shape index (κ3) is 4.94. The number of thiocarbonyl (C=S) groups is 1. The van der Waals surface area contributed by atoms with E-state index in [1.54, 1.807) is 48.4 Å². The van der Waals surface area contributed by atoms with Crippen molar-refractivity contribution < 1.29 is 18.7 Å². The van der Waals surface area contributed by atoms with E-state index in [-0.39, 0.29) is 24.1 Å². The summed E-state index contributed by atoms with van der Waals surface area (Å²) in [6.07, 6.45) is 0.565. The Morgan fingerprint density at radius 3 is 2.63 bits per heavy atom. The maximum absolute atomic E-state index is 13.1. The highest BCUT2D eigenvalue weighted by Crippen LogP contribution is 2.23. The van der Waals surface area contributed by atoms with Crippen LogP contribution in [-0.2, 0) is 16.0 Å². The minimum Gasteiger partial charge on any atom is -0.497 e. The second-order valence-electron chi connectivity index (χ2n) is 6.93. The van der Waals surface area contributed by atoms with Gasteiger partial charge in [-0.3, -0.25) is 14.5 Å². The van der Waals surface area contributed by atoms with Crippen LogP contribution in [0.25, 0.3) is 0 Å². The number of nitrogens with zero attached hydrogens (tertiary/aromatic N) is 2. The molecule has 1 aliphatic heterocycles. The normalized spacial score (nSPS) is 16.2. The maximum Gasteiger partial charge on any atom is 0.252 e. The fourth-order valence-corrected chi connectivity index (χ4v) is 3.86. The van der Waals surface area contributed by atoms with Gasteiger partial charge in [0.1, 0.15) is 17.6 Å². The molecule has 3 rings (SSSR count). The van der Waals surface area contributed by atoms with E-state index in [1.165, 1.54) is 17.0 Å². The van der Waals surface area contributed by atoms with Gasteiger partial charge in [0.25, 0.3) is 5.91 Å². The predicted molar refractivity (Wildman–Crippen MR) is 117 cm³/mol. The van der Waals surface area contributed by atoms with E-state index in [1.807, 2.05) is 6.92 Å². The van der Waals surface area contributed by atoms with Crippen LogP contribution in [0.15, 0.2) is 48.5 Å². The summed E-state index contributed by atoms with van der Waals surface area (Å²) in [6, 6.07) is 12.6. The van der Waals surface area contributed by atoms with Gasteiger partial charge in [0.15, 0.2) is 5.11 Å². The van der Waals surface area contributed by atoms with Crippen LogP contribution >= 0.6 is 12.2 Å². The van der Waals surface area contributed by atoms with Crippen molar-refractivity contribution in [2.24, 2.45) is 0 Å². The third-order valence-electron chi connectivity index (χ3n) is 5.01. The second-order valence-corrected chi connectivity index (χ2v) is 7.30. The molecular formula is C22H24FN3O3S. The molecule has 0 radical (unpaired) electrons. The quantitative estimate of drug-likeness (QED) is 0.653. The molecule has 1 saturated heterocycles. The molecule has 2 aromatic carbocycles.